The molecule has 88 valence electrons. The molecule has 0 aliphatic heterocycles. The van der Waals surface area contributed by atoms with Crippen molar-refractivity contribution in [3.63, 3.8) is 0 Å². The molecule has 1 aliphatic rings. The van der Waals surface area contributed by atoms with Crippen molar-refractivity contribution in [3.8, 4) is 0 Å². The summed E-state index contributed by atoms with van der Waals surface area (Å²) < 4.78 is 6.25. The fourth-order valence-corrected chi connectivity index (χ4v) is 2.70. The van der Waals surface area contributed by atoms with Gasteiger partial charge < -0.3 is 10.1 Å². The fraction of sp³-hybridized carbons (Fsp3) is 0.538. The number of halogens is 1. The average Bonchev–Trinajstić information content (AvgIpc) is 2.30. The quantitative estimate of drug-likeness (QED) is 0.858. The van der Waals surface area contributed by atoms with E-state index in [0.29, 0.717) is 6.04 Å². The van der Waals surface area contributed by atoms with Crippen LogP contribution < -0.4 is 5.32 Å². The van der Waals surface area contributed by atoms with Crippen LogP contribution in [0.3, 0.4) is 0 Å². The predicted octanol–water partition coefficient (Wildman–Crippen LogP) is 3.06. The monoisotopic (exact) mass is 283 g/mol. The van der Waals surface area contributed by atoms with Crippen LogP contribution in [0.15, 0.2) is 22.7 Å². The van der Waals surface area contributed by atoms with Gasteiger partial charge in [0.25, 0.3) is 0 Å². The predicted molar refractivity (Wildman–Crippen MR) is 69.7 cm³/mol. The molecule has 16 heavy (non-hydrogen) atoms. The molecule has 0 saturated carbocycles. The number of benzene rings is 1. The van der Waals surface area contributed by atoms with Gasteiger partial charge in [-0.3, -0.25) is 0 Å². The highest BCUT2D eigenvalue weighted by Gasteiger charge is 2.19. The lowest BCUT2D eigenvalue weighted by Gasteiger charge is -2.26. The topological polar surface area (TPSA) is 21.3 Å². The molecular formula is C13H18BrNO. The van der Waals surface area contributed by atoms with Gasteiger partial charge in [-0.25, -0.2) is 0 Å². The van der Waals surface area contributed by atoms with Crippen molar-refractivity contribution in [1.29, 1.82) is 0 Å². The molecule has 1 N–H and O–H groups in total. The third kappa shape index (κ3) is 2.84. The molecule has 1 aromatic rings. The Balaban J connectivity index is 2.09. The molecule has 0 spiro atoms. The lowest BCUT2D eigenvalue weighted by atomic mass is 9.88. The minimum atomic E-state index is 0.497. The van der Waals surface area contributed by atoms with Crippen LogP contribution in [0.5, 0.6) is 0 Å². The second-order valence-corrected chi connectivity index (χ2v) is 5.15. The maximum Gasteiger partial charge on any atom is 0.0587 e. The van der Waals surface area contributed by atoms with Crippen molar-refractivity contribution in [2.45, 2.75) is 25.3 Å². The molecule has 2 nitrogen and oxygen atoms in total. The number of nitrogens with one attached hydrogen (secondary N) is 1. The Bertz CT molecular complexity index is 354. The van der Waals surface area contributed by atoms with Crippen molar-refractivity contribution < 1.29 is 4.74 Å². The van der Waals surface area contributed by atoms with E-state index in [0.717, 1.165) is 13.2 Å². The van der Waals surface area contributed by atoms with Crippen molar-refractivity contribution in [2.75, 3.05) is 20.3 Å². The number of fused-ring (bicyclic) bond motifs is 1. The van der Waals surface area contributed by atoms with E-state index < -0.39 is 0 Å². The summed E-state index contributed by atoms with van der Waals surface area (Å²) >= 11 is 3.55. The zero-order chi connectivity index (χ0) is 11.4. The van der Waals surface area contributed by atoms with Crippen LogP contribution in [0.4, 0.5) is 0 Å². The molecule has 0 amide bonds. The van der Waals surface area contributed by atoms with Gasteiger partial charge in [0, 0.05) is 24.2 Å². The maximum atomic E-state index is 5.07. The third-order valence-electron chi connectivity index (χ3n) is 3.12. The number of aryl methyl sites for hydroxylation is 1. The van der Waals surface area contributed by atoms with Gasteiger partial charge in [-0.15, -0.1) is 0 Å². The normalized spacial score (nSPS) is 19.5. The standard InChI is InChI=1S/C13H18BrNO/c1-16-8-7-15-13-4-2-3-10-5-6-11(14)9-12(10)13/h5-6,9,13,15H,2-4,7-8H2,1H3. The Kier molecular flexibility index (Phi) is 4.38. The van der Waals surface area contributed by atoms with E-state index in [4.69, 9.17) is 4.74 Å². The molecule has 3 heteroatoms. The van der Waals surface area contributed by atoms with Crippen LogP contribution in [-0.4, -0.2) is 20.3 Å². The molecule has 0 radical (unpaired) electrons. The number of hydrogen-bond acceptors (Lipinski definition) is 2. The van der Waals surface area contributed by atoms with Gasteiger partial charge in [0.1, 0.15) is 0 Å². The molecule has 0 bridgehead atoms. The lowest BCUT2D eigenvalue weighted by molar-refractivity contribution is 0.194. The molecular weight excluding hydrogens is 266 g/mol. The van der Waals surface area contributed by atoms with E-state index in [1.54, 1.807) is 7.11 Å². The first kappa shape index (κ1) is 12.1. The number of methoxy groups -OCH3 is 1. The van der Waals surface area contributed by atoms with E-state index in [-0.39, 0.29) is 0 Å². The van der Waals surface area contributed by atoms with E-state index in [1.165, 1.54) is 34.9 Å². The first-order chi connectivity index (χ1) is 7.81. The van der Waals surface area contributed by atoms with Crippen LogP contribution in [0.25, 0.3) is 0 Å². The van der Waals surface area contributed by atoms with Crippen LogP contribution in [0.2, 0.25) is 0 Å². The Morgan fingerprint density at radius 1 is 1.50 bits per heavy atom. The highest BCUT2D eigenvalue weighted by molar-refractivity contribution is 9.10. The minimum absolute atomic E-state index is 0.497. The largest absolute Gasteiger partial charge is 0.383 e. The molecule has 2 rings (SSSR count). The molecule has 1 unspecified atom stereocenters. The third-order valence-corrected chi connectivity index (χ3v) is 3.61. The van der Waals surface area contributed by atoms with Gasteiger partial charge in [0.2, 0.25) is 0 Å². The summed E-state index contributed by atoms with van der Waals surface area (Å²) in [5.41, 5.74) is 2.95. The highest BCUT2D eigenvalue weighted by Crippen LogP contribution is 2.31. The van der Waals surface area contributed by atoms with Crippen LogP contribution >= 0.6 is 15.9 Å². The van der Waals surface area contributed by atoms with Gasteiger partial charge in [-0.1, -0.05) is 22.0 Å². The summed E-state index contributed by atoms with van der Waals surface area (Å²) in [6, 6.07) is 7.12. The number of rotatable bonds is 4. The first-order valence-electron chi connectivity index (χ1n) is 5.82. The minimum Gasteiger partial charge on any atom is -0.383 e. The molecule has 1 aliphatic carbocycles. The van der Waals surface area contributed by atoms with Crippen LogP contribution in [0, 0.1) is 0 Å². The molecule has 0 aromatic heterocycles. The maximum absolute atomic E-state index is 5.07. The zero-order valence-electron chi connectivity index (χ0n) is 9.63. The summed E-state index contributed by atoms with van der Waals surface area (Å²) in [6.45, 7) is 1.70. The number of ether oxygens (including phenoxy) is 1. The molecule has 0 saturated heterocycles. The van der Waals surface area contributed by atoms with Crippen molar-refractivity contribution >= 4 is 15.9 Å². The Hall–Kier alpha value is -0.380. The second kappa shape index (κ2) is 5.80. The second-order valence-electron chi connectivity index (χ2n) is 4.23. The van der Waals surface area contributed by atoms with Crippen molar-refractivity contribution in [2.24, 2.45) is 0 Å². The van der Waals surface area contributed by atoms with E-state index >= 15 is 0 Å². The van der Waals surface area contributed by atoms with Gasteiger partial charge in [0.05, 0.1) is 6.61 Å². The summed E-state index contributed by atoms with van der Waals surface area (Å²) in [6.07, 6.45) is 3.72. The highest BCUT2D eigenvalue weighted by atomic mass is 79.9. The lowest BCUT2D eigenvalue weighted by Crippen LogP contribution is -2.28. The summed E-state index contributed by atoms with van der Waals surface area (Å²) in [5.74, 6) is 0. The van der Waals surface area contributed by atoms with Gasteiger partial charge in [0.15, 0.2) is 0 Å². The van der Waals surface area contributed by atoms with Gasteiger partial charge in [-0.05, 0) is 42.5 Å². The zero-order valence-corrected chi connectivity index (χ0v) is 11.2. The Morgan fingerprint density at radius 2 is 2.38 bits per heavy atom. The summed E-state index contributed by atoms with van der Waals surface area (Å²) in [7, 11) is 1.74. The van der Waals surface area contributed by atoms with Gasteiger partial charge >= 0.3 is 0 Å². The summed E-state index contributed by atoms with van der Waals surface area (Å²) in [4.78, 5) is 0. The van der Waals surface area contributed by atoms with Crippen molar-refractivity contribution in [1.82, 2.24) is 5.32 Å². The smallest absolute Gasteiger partial charge is 0.0587 e. The summed E-state index contributed by atoms with van der Waals surface area (Å²) in [5, 5.41) is 3.56. The van der Waals surface area contributed by atoms with Crippen LogP contribution in [-0.2, 0) is 11.2 Å². The Morgan fingerprint density at radius 3 is 3.19 bits per heavy atom. The van der Waals surface area contributed by atoms with E-state index in [1.807, 2.05) is 0 Å². The Labute approximate surface area is 106 Å². The average molecular weight is 284 g/mol. The first-order valence-corrected chi connectivity index (χ1v) is 6.61. The van der Waals surface area contributed by atoms with E-state index in [9.17, 15) is 0 Å². The fourth-order valence-electron chi connectivity index (χ4n) is 2.32. The number of hydrogen-bond donors (Lipinski definition) is 1. The van der Waals surface area contributed by atoms with Crippen LogP contribution in [0.1, 0.15) is 30.0 Å². The molecule has 0 fully saturated rings. The van der Waals surface area contributed by atoms with Gasteiger partial charge in [-0.2, -0.15) is 0 Å². The molecule has 1 atom stereocenters. The van der Waals surface area contributed by atoms with E-state index in [2.05, 4.69) is 39.4 Å². The SMILES string of the molecule is COCCNC1CCCc2ccc(Br)cc21. The van der Waals surface area contributed by atoms with Crippen molar-refractivity contribution in [3.05, 3.63) is 33.8 Å². The molecule has 0 heterocycles. The molecule has 1 aromatic carbocycles.